The van der Waals surface area contributed by atoms with Gasteiger partial charge in [-0.2, -0.15) is 0 Å². The number of Topliss-reactive ketones (excluding diaryl/α,β-unsaturated/α-hetero) is 1. The third kappa shape index (κ3) is 5.07. The minimum Gasteiger partial charge on any atom is -0.440 e. The van der Waals surface area contributed by atoms with E-state index in [4.69, 9.17) is 16.0 Å². The average Bonchev–Trinajstić information content (AvgIpc) is 3.09. The molecule has 3 rings (SSSR count). The number of hydrogen-bond donors (Lipinski definition) is 1. The second-order valence-corrected chi connectivity index (χ2v) is 6.33. The Hall–Kier alpha value is -2.85. The van der Waals surface area contributed by atoms with Gasteiger partial charge in [-0.05, 0) is 53.4 Å². The van der Waals surface area contributed by atoms with Crippen molar-refractivity contribution in [2.45, 2.75) is 19.3 Å². The molecule has 1 aromatic heterocycles. The smallest absolute Gasteiger partial charge is 0.291 e. The highest BCUT2D eigenvalue weighted by Gasteiger charge is 2.11. The molecule has 1 N–H and O–H groups in total. The van der Waals surface area contributed by atoms with Crippen LogP contribution in [0.15, 0.2) is 71.1 Å². The first-order chi connectivity index (χ1) is 12.6. The van der Waals surface area contributed by atoms with Crippen LogP contribution in [0.4, 0.5) is 5.69 Å². The molecule has 4 nitrogen and oxygen atoms in total. The summed E-state index contributed by atoms with van der Waals surface area (Å²) in [5.41, 5.74) is 2.71. The number of halogens is 1. The van der Waals surface area contributed by atoms with Crippen LogP contribution < -0.4 is 5.32 Å². The maximum atomic E-state index is 12.1. The van der Waals surface area contributed by atoms with E-state index >= 15 is 0 Å². The van der Waals surface area contributed by atoms with Crippen LogP contribution >= 0.6 is 11.6 Å². The minimum absolute atomic E-state index is 0.148. The van der Waals surface area contributed by atoms with Crippen molar-refractivity contribution < 1.29 is 14.0 Å². The number of furan rings is 1. The maximum absolute atomic E-state index is 12.1. The van der Waals surface area contributed by atoms with Crippen LogP contribution in [0.1, 0.15) is 28.1 Å². The molecule has 132 valence electrons. The molecule has 0 aliphatic carbocycles. The fourth-order valence-corrected chi connectivity index (χ4v) is 2.73. The molecule has 1 heterocycles. The highest BCUT2D eigenvalue weighted by Crippen LogP contribution is 2.16. The van der Waals surface area contributed by atoms with Crippen molar-refractivity contribution in [3.05, 3.63) is 88.8 Å². The molecule has 0 atom stereocenters. The maximum Gasteiger partial charge on any atom is 0.291 e. The van der Waals surface area contributed by atoms with E-state index in [2.05, 4.69) is 5.32 Å². The Balaban J connectivity index is 1.51. The van der Waals surface area contributed by atoms with E-state index in [-0.39, 0.29) is 22.7 Å². The summed E-state index contributed by atoms with van der Waals surface area (Å²) in [6.45, 7) is 0. The lowest BCUT2D eigenvalue weighted by atomic mass is 10.0. The van der Waals surface area contributed by atoms with Gasteiger partial charge in [0.2, 0.25) is 0 Å². The van der Waals surface area contributed by atoms with Crippen molar-refractivity contribution in [1.82, 2.24) is 0 Å². The van der Waals surface area contributed by atoms with Gasteiger partial charge in [-0.25, -0.2) is 0 Å². The van der Waals surface area contributed by atoms with Crippen LogP contribution in [-0.2, 0) is 17.6 Å². The van der Waals surface area contributed by atoms with Gasteiger partial charge in [0.25, 0.3) is 5.91 Å². The first kappa shape index (κ1) is 18.0. The highest BCUT2D eigenvalue weighted by atomic mass is 35.5. The van der Waals surface area contributed by atoms with E-state index in [0.29, 0.717) is 18.5 Å². The molecular weight excluding hydrogens is 350 g/mol. The van der Waals surface area contributed by atoms with Crippen molar-refractivity contribution >= 4 is 29.0 Å². The van der Waals surface area contributed by atoms with E-state index in [9.17, 15) is 9.59 Å². The Morgan fingerprint density at radius 1 is 0.885 bits per heavy atom. The van der Waals surface area contributed by atoms with Crippen molar-refractivity contribution in [2.75, 3.05) is 5.32 Å². The Morgan fingerprint density at radius 2 is 1.62 bits per heavy atom. The Kier molecular flexibility index (Phi) is 5.87. The average molecular weight is 368 g/mol. The zero-order valence-corrected chi connectivity index (χ0v) is 14.8. The number of nitrogens with one attached hydrogen (secondary N) is 1. The van der Waals surface area contributed by atoms with Gasteiger partial charge >= 0.3 is 0 Å². The minimum atomic E-state index is -0.372. The predicted octanol–water partition coefficient (Wildman–Crippen LogP) is 4.93. The molecule has 3 aromatic rings. The van der Waals surface area contributed by atoms with E-state index in [1.165, 1.54) is 12.1 Å². The topological polar surface area (TPSA) is 59.3 Å². The summed E-state index contributed by atoms with van der Waals surface area (Å²) in [5, 5.41) is 2.89. The van der Waals surface area contributed by atoms with Crippen molar-refractivity contribution in [1.29, 1.82) is 0 Å². The van der Waals surface area contributed by atoms with Gasteiger partial charge in [-0.15, -0.1) is 0 Å². The third-order valence-corrected chi connectivity index (χ3v) is 4.15. The van der Waals surface area contributed by atoms with E-state index in [1.807, 2.05) is 42.5 Å². The molecule has 1 amide bonds. The van der Waals surface area contributed by atoms with Crippen LogP contribution in [0.25, 0.3) is 0 Å². The van der Waals surface area contributed by atoms with E-state index < -0.39 is 0 Å². The second kappa shape index (κ2) is 8.50. The quantitative estimate of drug-likeness (QED) is 0.644. The number of anilines is 1. The second-order valence-electron chi connectivity index (χ2n) is 5.96. The summed E-state index contributed by atoms with van der Waals surface area (Å²) < 4.78 is 5.07. The Bertz CT molecular complexity index is 885. The number of benzene rings is 2. The van der Waals surface area contributed by atoms with Crippen LogP contribution in [0.2, 0.25) is 5.22 Å². The molecule has 2 aromatic carbocycles. The first-order valence-electron chi connectivity index (χ1n) is 8.31. The van der Waals surface area contributed by atoms with Gasteiger partial charge in [0, 0.05) is 18.5 Å². The summed E-state index contributed by atoms with van der Waals surface area (Å²) in [6.07, 6.45) is 1.65. The molecule has 26 heavy (non-hydrogen) atoms. The number of carbonyl (C=O) groups is 2. The van der Waals surface area contributed by atoms with Gasteiger partial charge in [-0.3, -0.25) is 9.59 Å². The van der Waals surface area contributed by atoms with Crippen LogP contribution in [0.5, 0.6) is 0 Å². The number of carbonyl (C=O) groups excluding carboxylic acids is 2. The van der Waals surface area contributed by atoms with Gasteiger partial charge in [-0.1, -0.05) is 42.5 Å². The molecule has 0 spiro atoms. The van der Waals surface area contributed by atoms with Gasteiger partial charge in [0.1, 0.15) is 5.78 Å². The van der Waals surface area contributed by atoms with Crippen LogP contribution in [0.3, 0.4) is 0 Å². The molecule has 0 aliphatic rings. The number of amides is 1. The lowest BCUT2D eigenvalue weighted by Crippen LogP contribution is -2.11. The first-order valence-corrected chi connectivity index (χ1v) is 8.69. The molecule has 0 saturated heterocycles. The molecule has 0 fully saturated rings. The number of ketones is 1. The standard InChI is InChI=1S/C21H18ClNO3/c22-20-13-12-19(26-20)21(25)23-17-9-6-16(7-10-17)14-18(24)11-8-15-4-2-1-3-5-15/h1-7,9-10,12-13H,8,11,14H2,(H,23,25). The monoisotopic (exact) mass is 367 g/mol. The zero-order valence-electron chi connectivity index (χ0n) is 14.1. The number of aryl methyl sites for hydroxylation is 1. The Labute approximate surface area is 156 Å². The van der Waals surface area contributed by atoms with Crippen molar-refractivity contribution in [3.63, 3.8) is 0 Å². The van der Waals surface area contributed by atoms with Crippen molar-refractivity contribution in [3.8, 4) is 0 Å². The fraction of sp³-hybridized carbons (Fsp3) is 0.143. The summed E-state index contributed by atoms with van der Waals surface area (Å²) >= 11 is 5.66. The van der Waals surface area contributed by atoms with E-state index in [1.54, 1.807) is 12.1 Å². The summed E-state index contributed by atoms with van der Waals surface area (Å²) in [5.74, 6) is -0.0328. The lowest BCUT2D eigenvalue weighted by Gasteiger charge is -2.06. The summed E-state index contributed by atoms with van der Waals surface area (Å²) in [4.78, 5) is 24.1. The van der Waals surface area contributed by atoms with Crippen molar-refractivity contribution in [2.24, 2.45) is 0 Å². The van der Waals surface area contributed by atoms with Crippen LogP contribution in [0, 0.1) is 0 Å². The molecule has 0 unspecified atom stereocenters. The Morgan fingerprint density at radius 3 is 2.27 bits per heavy atom. The predicted molar refractivity (Wildman–Crippen MR) is 102 cm³/mol. The molecule has 0 radical (unpaired) electrons. The lowest BCUT2D eigenvalue weighted by molar-refractivity contribution is -0.118. The summed E-state index contributed by atoms with van der Waals surface area (Å²) in [6, 6.07) is 20.2. The van der Waals surface area contributed by atoms with Gasteiger partial charge in [0.15, 0.2) is 11.0 Å². The van der Waals surface area contributed by atoms with E-state index in [0.717, 1.165) is 17.5 Å². The molecule has 0 saturated carbocycles. The van der Waals surface area contributed by atoms with Gasteiger partial charge < -0.3 is 9.73 Å². The largest absolute Gasteiger partial charge is 0.440 e. The fourth-order valence-electron chi connectivity index (χ4n) is 2.58. The third-order valence-electron chi connectivity index (χ3n) is 3.95. The number of hydrogen-bond acceptors (Lipinski definition) is 3. The molecule has 5 heteroatoms. The SMILES string of the molecule is O=C(CCc1ccccc1)Cc1ccc(NC(=O)c2ccc(Cl)o2)cc1. The summed E-state index contributed by atoms with van der Waals surface area (Å²) in [7, 11) is 0. The molecular formula is C21H18ClNO3. The molecule has 0 bridgehead atoms. The number of rotatable bonds is 7. The van der Waals surface area contributed by atoms with Gasteiger partial charge in [0.05, 0.1) is 0 Å². The molecule has 0 aliphatic heterocycles. The normalized spacial score (nSPS) is 10.5. The zero-order chi connectivity index (χ0) is 18.4. The highest BCUT2D eigenvalue weighted by molar-refractivity contribution is 6.29. The van der Waals surface area contributed by atoms with Crippen LogP contribution in [-0.4, -0.2) is 11.7 Å².